The van der Waals surface area contributed by atoms with Crippen molar-refractivity contribution in [3.63, 3.8) is 0 Å². The van der Waals surface area contributed by atoms with Crippen molar-refractivity contribution in [3.05, 3.63) is 30.1 Å². The molecule has 0 aromatic heterocycles. The fourth-order valence-corrected chi connectivity index (χ4v) is 3.02. The fourth-order valence-electron chi connectivity index (χ4n) is 3.02. The Morgan fingerprint density at radius 2 is 1.85 bits per heavy atom. The van der Waals surface area contributed by atoms with E-state index in [0.717, 1.165) is 12.8 Å². The van der Waals surface area contributed by atoms with Crippen LogP contribution >= 0.6 is 0 Å². The summed E-state index contributed by atoms with van der Waals surface area (Å²) < 4.78 is 13.7. The molecule has 1 unspecified atom stereocenters. The molecule has 1 aromatic rings. The maximum atomic E-state index is 13.7. The van der Waals surface area contributed by atoms with Crippen molar-refractivity contribution in [1.29, 1.82) is 0 Å². The third kappa shape index (κ3) is 2.63. The second kappa shape index (κ2) is 5.40. The van der Waals surface area contributed by atoms with E-state index in [0.29, 0.717) is 37.8 Å². The van der Waals surface area contributed by atoms with E-state index in [1.165, 1.54) is 6.07 Å². The van der Waals surface area contributed by atoms with Crippen molar-refractivity contribution >= 4 is 11.7 Å². The Morgan fingerprint density at radius 3 is 2.40 bits per heavy atom. The van der Waals surface area contributed by atoms with E-state index in [1.807, 2.05) is 15.9 Å². The minimum Gasteiger partial charge on any atom is -0.480 e. The van der Waals surface area contributed by atoms with Gasteiger partial charge in [0.1, 0.15) is 11.9 Å². The van der Waals surface area contributed by atoms with E-state index in [4.69, 9.17) is 0 Å². The van der Waals surface area contributed by atoms with E-state index in [-0.39, 0.29) is 11.9 Å². The number of carboxylic acid groups (broad SMARTS) is 1. The molecule has 1 N–H and O–H groups in total. The molecule has 1 aliphatic carbocycles. The number of hydrogen-bond donors (Lipinski definition) is 1. The number of carboxylic acids is 1. The smallest absolute Gasteiger partial charge is 0.321 e. The minimum absolute atomic E-state index is 0.210. The van der Waals surface area contributed by atoms with E-state index in [9.17, 15) is 14.3 Å². The van der Waals surface area contributed by atoms with Crippen LogP contribution in [-0.2, 0) is 4.79 Å². The van der Waals surface area contributed by atoms with Gasteiger partial charge in [-0.2, -0.15) is 0 Å². The average molecular weight is 278 g/mol. The Hall–Kier alpha value is -1.62. The maximum Gasteiger partial charge on any atom is 0.321 e. The molecule has 0 amide bonds. The zero-order chi connectivity index (χ0) is 14.1. The number of halogens is 1. The molecule has 20 heavy (non-hydrogen) atoms. The zero-order valence-corrected chi connectivity index (χ0v) is 11.3. The average Bonchev–Trinajstić information content (AvgIpc) is 3.25. The highest BCUT2D eigenvalue weighted by Crippen LogP contribution is 2.36. The summed E-state index contributed by atoms with van der Waals surface area (Å²) in [7, 11) is 0. The van der Waals surface area contributed by atoms with Crippen molar-refractivity contribution in [2.24, 2.45) is 5.92 Å². The monoisotopic (exact) mass is 278 g/mol. The molecule has 1 aromatic carbocycles. The topological polar surface area (TPSA) is 43.8 Å². The predicted molar refractivity (Wildman–Crippen MR) is 74.3 cm³/mol. The highest BCUT2D eigenvalue weighted by atomic mass is 19.1. The largest absolute Gasteiger partial charge is 0.480 e. The normalized spacial score (nSPS) is 21.8. The first-order valence-electron chi connectivity index (χ1n) is 7.13. The highest BCUT2D eigenvalue weighted by Gasteiger charge is 2.41. The summed E-state index contributed by atoms with van der Waals surface area (Å²) in [5.41, 5.74) is 0.616. The van der Waals surface area contributed by atoms with Gasteiger partial charge in [-0.05, 0) is 30.9 Å². The molecule has 0 bridgehead atoms. The third-order valence-corrected chi connectivity index (χ3v) is 4.22. The number of nitrogens with zero attached hydrogens (tertiary/aromatic N) is 2. The molecule has 5 heteroatoms. The Balaban J connectivity index is 1.64. The summed E-state index contributed by atoms with van der Waals surface area (Å²) in [6.45, 7) is 2.72. The lowest BCUT2D eigenvalue weighted by Crippen LogP contribution is -2.53. The van der Waals surface area contributed by atoms with Crippen LogP contribution in [0.4, 0.5) is 10.1 Å². The van der Waals surface area contributed by atoms with E-state index in [2.05, 4.69) is 0 Å². The third-order valence-electron chi connectivity index (χ3n) is 4.22. The van der Waals surface area contributed by atoms with Gasteiger partial charge in [0.05, 0.1) is 5.69 Å². The Kier molecular flexibility index (Phi) is 3.61. The van der Waals surface area contributed by atoms with Gasteiger partial charge in [-0.3, -0.25) is 9.69 Å². The van der Waals surface area contributed by atoms with Crippen LogP contribution in [0.1, 0.15) is 12.8 Å². The Morgan fingerprint density at radius 1 is 1.20 bits per heavy atom. The van der Waals surface area contributed by atoms with Gasteiger partial charge in [0, 0.05) is 26.2 Å². The number of carbonyl (C=O) groups is 1. The highest BCUT2D eigenvalue weighted by molar-refractivity contribution is 5.74. The summed E-state index contributed by atoms with van der Waals surface area (Å²) >= 11 is 0. The molecule has 3 rings (SSSR count). The number of piperazine rings is 1. The van der Waals surface area contributed by atoms with Crippen LogP contribution in [0.25, 0.3) is 0 Å². The number of rotatable bonds is 4. The lowest BCUT2D eigenvalue weighted by molar-refractivity contribution is -0.144. The number of para-hydroxylation sites is 1. The van der Waals surface area contributed by atoms with E-state index in [1.54, 1.807) is 12.1 Å². The number of anilines is 1. The van der Waals surface area contributed by atoms with Gasteiger partial charge in [0.2, 0.25) is 0 Å². The van der Waals surface area contributed by atoms with Crippen LogP contribution in [0.5, 0.6) is 0 Å². The van der Waals surface area contributed by atoms with E-state index >= 15 is 0 Å². The van der Waals surface area contributed by atoms with Crippen molar-refractivity contribution < 1.29 is 14.3 Å². The number of hydrogen-bond acceptors (Lipinski definition) is 3. The molecule has 1 aliphatic heterocycles. The molecule has 108 valence electrons. The first kappa shape index (κ1) is 13.4. The van der Waals surface area contributed by atoms with Crippen LogP contribution in [0, 0.1) is 11.7 Å². The SMILES string of the molecule is O=C(O)C(C1CC1)N1CCN(c2ccccc2F)CC1. The summed E-state index contributed by atoms with van der Waals surface area (Å²) in [6, 6.07) is 6.40. The van der Waals surface area contributed by atoms with Crippen LogP contribution in [0.2, 0.25) is 0 Å². The molecule has 0 spiro atoms. The molecule has 0 radical (unpaired) electrons. The molecule has 4 nitrogen and oxygen atoms in total. The standard InChI is InChI=1S/C15H19FN2O2/c16-12-3-1-2-4-13(12)17-7-9-18(10-8-17)14(15(19)20)11-5-6-11/h1-4,11,14H,5-10H2,(H,19,20). The molecule has 2 fully saturated rings. The minimum atomic E-state index is -0.716. The van der Waals surface area contributed by atoms with Crippen LogP contribution in [0.3, 0.4) is 0 Å². The number of aliphatic carboxylic acids is 1. The van der Waals surface area contributed by atoms with Crippen LogP contribution in [-0.4, -0.2) is 48.2 Å². The molecule has 1 saturated carbocycles. The summed E-state index contributed by atoms with van der Waals surface area (Å²) in [6.07, 6.45) is 2.04. The lowest BCUT2D eigenvalue weighted by Gasteiger charge is -2.39. The molecule has 1 heterocycles. The van der Waals surface area contributed by atoms with Crippen LogP contribution < -0.4 is 4.90 Å². The van der Waals surface area contributed by atoms with Gasteiger partial charge in [-0.25, -0.2) is 4.39 Å². The first-order chi connectivity index (χ1) is 9.66. The Labute approximate surface area is 117 Å². The van der Waals surface area contributed by atoms with Gasteiger partial charge in [-0.15, -0.1) is 0 Å². The predicted octanol–water partition coefficient (Wildman–Crippen LogP) is 1.81. The molecular weight excluding hydrogens is 259 g/mol. The van der Waals surface area contributed by atoms with Crippen molar-refractivity contribution in [1.82, 2.24) is 4.90 Å². The van der Waals surface area contributed by atoms with Gasteiger partial charge >= 0.3 is 5.97 Å². The van der Waals surface area contributed by atoms with Gasteiger partial charge in [0.25, 0.3) is 0 Å². The zero-order valence-electron chi connectivity index (χ0n) is 11.3. The fraction of sp³-hybridized carbons (Fsp3) is 0.533. The summed E-state index contributed by atoms with van der Waals surface area (Å²) in [4.78, 5) is 15.4. The summed E-state index contributed by atoms with van der Waals surface area (Å²) in [5, 5.41) is 9.35. The second-order valence-corrected chi connectivity index (χ2v) is 5.59. The molecule has 1 saturated heterocycles. The van der Waals surface area contributed by atoms with Crippen LogP contribution in [0.15, 0.2) is 24.3 Å². The van der Waals surface area contributed by atoms with Gasteiger partial charge < -0.3 is 10.0 Å². The van der Waals surface area contributed by atoms with Crippen molar-refractivity contribution in [2.45, 2.75) is 18.9 Å². The van der Waals surface area contributed by atoms with Gasteiger partial charge in [0.15, 0.2) is 0 Å². The van der Waals surface area contributed by atoms with Crippen molar-refractivity contribution in [2.75, 3.05) is 31.1 Å². The Bertz CT molecular complexity index is 496. The second-order valence-electron chi connectivity index (χ2n) is 5.59. The van der Waals surface area contributed by atoms with Gasteiger partial charge in [-0.1, -0.05) is 12.1 Å². The quantitative estimate of drug-likeness (QED) is 0.912. The van der Waals surface area contributed by atoms with E-state index < -0.39 is 5.97 Å². The molecule has 1 atom stereocenters. The lowest BCUT2D eigenvalue weighted by atomic mass is 10.1. The first-order valence-corrected chi connectivity index (χ1v) is 7.13. The molecular formula is C15H19FN2O2. The number of benzene rings is 1. The summed E-state index contributed by atoms with van der Waals surface area (Å²) in [5.74, 6) is -0.614. The maximum absolute atomic E-state index is 13.7. The molecule has 2 aliphatic rings. The van der Waals surface area contributed by atoms with Crippen molar-refractivity contribution in [3.8, 4) is 0 Å².